The zero-order valence-corrected chi connectivity index (χ0v) is 20.9. The number of piperidine rings is 1. The van der Waals surface area contributed by atoms with E-state index in [1.54, 1.807) is 13.4 Å². The molecule has 3 aromatic carbocycles. The average molecular weight is 490 g/mol. The van der Waals surface area contributed by atoms with Gasteiger partial charge in [-0.15, -0.1) is 0 Å². The predicted octanol–water partition coefficient (Wildman–Crippen LogP) is 5.06. The molecule has 2 atom stereocenters. The first kappa shape index (κ1) is 23.4. The number of hydrogen-bond acceptors (Lipinski definition) is 5. The Hall–Kier alpha value is -4.00. The highest BCUT2D eigenvalue weighted by Crippen LogP contribution is 2.43. The fourth-order valence-electron chi connectivity index (χ4n) is 5.68. The normalized spacial score (nSPS) is 18.1. The van der Waals surface area contributed by atoms with E-state index < -0.39 is 5.54 Å². The summed E-state index contributed by atoms with van der Waals surface area (Å²) in [4.78, 5) is 9.50. The van der Waals surface area contributed by atoms with Crippen LogP contribution in [-0.4, -0.2) is 46.9 Å². The Morgan fingerprint density at radius 1 is 0.811 bits per heavy atom. The van der Waals surface area contributed by atoms with Gasteiger partial charge in [0.2, 0.25) is 0 Å². The smallest absolute Gasteiger partial charge is 0.146 e. The number of aromatic nitrogens is 3. The highest BCUT2D eigenvalue weighted by atomic mass is 16.5. The lowest BCUT2D eigenvalue weighted by Crippen LogP contribution is -2.46. The summed E-state index contributed by atoms with van der Waals surface area (Å²) in [6.45, 7) is 1.74. The van der Waals surface area contributed by atoms with Gasteiger partial charge in [0.05, 0.1) is 11.5 Å². The summed E-state index contributed by atoms with van der Waals surface area (Å²) in [6, 6.07) is 34.4. The Morgan fingerprint density at radius 3 is 1.97 bits per heavy atom. The van der Waals surface area contributed by atoms with Gasteiger partial charge < -0.3 is 19.9 Å². The highest BCUT2D eigenvalue weighted by molar-refractivity contribution is 5.88. The minimum atomic E-state index is -0.620. The molecule has 3 heterocycles. The summed E-state index contributed by atoms with van der Waals surface area (Å²) < 4.78 is 7.90. The van der Waals surface area contributed by atoms with Crippen molar-refractivity contribution in [2.75, 3.05) is 25.5 Å². The molecule has 6 heteroatoms. The van der Waals surface area contributed by atoms with Crippen LogP contribution in [0.4, 0.5) is 5.82 Å². The molecule has 0 radical (unpaired) electrons. The van der Waals surface area contributed by atoms with E-state index in [1.165, 1.54) is 0 Å². The van der Waals surface area contributed by atoms with Crippen LogP contribution in [0.15, 0.2) is 110 Å². The summed E-state index contributed by atoms with van der Waals surface area (Å²) in [7, 11) is 1.77. The van der Waals surface area contributed by atoms with E-state index in [1.807, 2.05) is 0 Å². The Bertz CT molecular complexity index is 1360. The molecular formula is C31H31N5O. The maximum absolute atomic E-state index is 5.60. The van der Waals surface area contributed by atoms with Gasteiger partial charge >= 0.3 is 0 Å². The molecule has 0 amide bonds. The number of ether oxygens (including phenoxy) is 1. The van der Waals surface area contributed by atoms with Crippen molar-refractivity contribution in [3.8, 4) is 0 Å². The summed E-state index contributed by atoms with van der Waals surface area (Å²) >= 11 is 0. The largest absolute Gasteiger partial charge is 0.380 e. The first-order valence-electron chi connectivity index (χ1n) is 12.8. The molecule has 0 aliphatic carbocycles. The second kappa shape index (κ2) is 10.2. The highest BCUT2D eigenvalue weighted by Gasteiger charge is 2.39. The maximum atomic E-state index is 5.60. The van der Waals surface area contributed by atoms with E-state index in [2.05, 4.69) is 123 Å². The molecular weight excluding hydrogens is 458 g/mol. The van der Waals surface area contributed by atoms with Crippen molar-refractivity contribution in [2.24, 2.45) is 0 Å². The van der Waals surface area contributed by atoms with Crippen molar-refractivity contribution >= 4 is 16.9 Å². The Morgan fingerprint density at radius 2 is 1.41 bits per heavy atom. The number of nitrogens with one attached hydrogen (secondary N) is 2. The molecule has 2 N–H and O–H groups in total. The summed E-state index contributed by atoms with van der Waals surface area (Å²) in [5, 5.41) is 8.12. The van der Waals surface area contributed by atoms with Gasteiger partial charge in [-0.3, -0.25) is 0 Å². The van der Waals surface area contributed by atoms with Crippen LogP contribution in [0.1, 0.15) is 23.1 Å². The number of benzene rings is 3. The molecule has 6 nitrogen and oxygen atoms in total. The molecule has 186 valence electrons. The van der Waals surface area contributed by atoms with Crippen LogP contribution >= 0.6 is 0 Å². The fourth-order valence-corrected chi connectivity index (χ4v) is 5.68. The number of nitrogens with zero attached hydrogens (tertiary/aromatic N) is 3. The van der Waals surface area contributed by atoms with Crippen LogP contribution in [0.3, 0.4) is 0 Å². The number of rotatable bonds is 7. The third-order valence-electron chi connectivity index (χ3n) is 7.40. The van der Waals surface area contributed by atoms with Gasteiger partial charge in [-0.05, 0) is 29.2 Å². The fraction of sp³-hybridized carbons (Fsp3) is 0.226. The molecule has 6 rings (SSSR count). The minimum Gasteiger partial charge on any atom is -0.380 e. The molecule has 5 aromatic rings. The minimum absolute atomic E-state index is 0.190. The zero-order chi connectivity index (χ0) is 25.1. The van der Waals surface area contributed by atoms with Crippen LogP contribution < -0.4 is 10.6 Å². The third kappa shape index (κ3) is 4.18. The van der Waals surface area contributed by atoms with Gasteiger partial charge in [-0.2, -0.15) is 0 Å². The number of fused-ring (bicyclic) bond motifs is 1. The summed E-state index contributed by atoms with van der Waals surface area (Å²) in [5.74, 6) is 0.843. The Balaban J connectivity index is 1.56. The number of hydrogen-bond donors (Lipinski definition) is 2. The van der Waals surface area contributed by atoms with Crippen LogP contribution in [-0.2, 0) is 10.3 Å². The van der Waals surface area contributed by atoms with Crippen LogP contribution in [0.5, 0.6) is 0 Å². The standard InChI is InChI=1S/C31H31N5O/c1-37-27-19-26(20-32-21-27)35-29-28-17-18-36(30(28)34-22-33-29)31(23-11-5-2-6-12-23,24-13-7-3-8-14-24)25-15-9-4-10-16-25/h2-18,22,26-27,32H,19-21H2,1H3,(H,33,34,35)/t26-,27+/m1/s1. The first-order valence-corrected chi connectivity index (χ1v) is 12.8. The average Bonchev–Trinajstić information content (AvgIpc) is 3.41. The van der Waals surface area contributed by atoms with E-state index in [0.29, 0.717) is 0 Å². The van der Waals surface area contributed by atoms with Gasteiger partial charge in [0.25, 0.3) is 0 Å². The second-order valence-corrected chi connectivity index (χ2v) is 9.55. The van der Waals surface area contributed by atoms with Gasteiger partial charge in [-0.25, -0.2) is 9.97 Å². The summed E-state index contributed by atoms with van der Waals surface area (Å²) in [6.07, 6.45) is 4.93. The van der Waals surface area contributed by atoms with Crippen molar-refractivity contribution in [3.05, 3.63) is 126 Å². The van der Waals surface area contributed by atoms with Crippen LogP contribution in [0.2, 0.25) is 0 Å². The lowest BCUT2D eigenvalue weighted by molar-refractivity contribution is 0.0770. The SMILES string of the molecule is CO[C@@H]1CNC[C@H](Nc2ncnc3c2ccn3C(c2ccccc2)(c2ccccc2)c2ccccc2)C1. The van der Waals surface area contributed by atoms with Gasteiger partial charge in [0.15, 0.2) is 0 Å². The third-order valence-corrected chi connectivity index (χ3v) is 7.40. The van der Waals surface area contributed by atoms with E-state index >= 15 is 0 Å². The molecule has 1 fully saturated rings. The second-order valence-electron chi connectivity index (χ2n) is 9.55. The van der Waals surface area contributed by atoms with Gasteiger partial charge in [0.1, 0.15) is 23.3 Å². The van der Waals surface area contributed by atoms with E-state index in [0.717, 1.165) is 53.1 Å². The molecule has 0 spiro atoms. The molecule has 2 aromatic heterocycles. The van der Waals surface area contributed by atoms with Gasteiger partial charge in [0, 0.05) is 32.4 Å². The molecule has 1 aliphatic rings. The van der Waals surface area contributed by atoms with Crippen molar-refractivity contribution in [3.63, 3.8) is 0 Å². The number of anilines is 1. The Kier molecular flexibility index (Phi) is 6.43. The zero-order valence-electron chi connectivity index (χ0n) is 20.9. The molecule has 0 bridgehead atoms. The molecule has 1 saturated heterocycles. The lowest BCUT2D eigenvalue weighted by atomic mass is 9.76. The summed E-state index contributed by atoms with van der Waals surface area (Å²) in [5.41, 5.74) is 3.75. The molecule has 1 aliphatic heterocycles. The molecule has 37 heavy (non-hydrogen) atoms. The van der Waals surface area contributed by atoms with E-state index in [-0.39, 0.29) is 12.1 Å². The molecule has 0 unspecified atom stereocenters. The predicted molar refractivity (Wildman–Crippen MR) is 148 cm³/mol. The quantitative estimate of drug-likeness (QED) is 0.313. The van der Waals surface area contributed by atoms with Crippen molar-refractivity contribution in [1.82, 2.24) is 19.9 Å². The Labute approximate surface area is 217 Å². The van der Waals surface area contributed by atoms with Crippen LogP contribution in [0.25, 0.3) is 11.0 Å². The van der Waals surface area contributed by atoms with E-state index in [4.69, 9.17) is 9.72 Å². The van der Waals surface area contributed by atoms with E-state index in [9.17, 15) is 0 Å². The number of methoxy groups -OCH3 is 1. The van der Waals surface area contributed by atoms with Crippen molar-refractivity contribution in [1.29, 1.82) is 0 Å². The first-order chi connectivity index (χ1) is 18.3. The molecule has 0 saturated carbocycles. The topological polar surface area (TPSA) is 64.0 Å². The van der Waals surface area contributed by atoms with Crippen molar-refractivity contribution < 1.29 is 4.74 Å². The monoisotopic (exact) mass is 489 g/mol. The van der Waals surface area contributed by atoms with Crippen molar-refractivity contribution in [2.45, 2.75) is 24.1 Å². The van der Waals surface area contributed by atoms with Crippen LogP contribution in [0, 0.1) is 0 Å². The lowest BCUT2D eigenvalue weighted by Gasteiger charge is -2.38. The van der Waals surface area contributed by atoms with Gasteiger partial charge in [-0.1, -0.05) is 91.0 Å². The maximum Gasteiger partial charge on any atom is 0.146 e.